The van der Waals surface area contributed by atoms with Crippen molar-refractivity contribution in [2.45, 2.75) is 26.7 Å². The maximum absolute atomic E-state index is 11.6. The average Bonchev–Trinajstić information content (AvgIpc) is 2.28. The van der Waals surface area contributed by atoms with Gasteiger partial charge in [-0.1, -0.05) is 25.0 Å². The van der Waals surface area contributed by atoms with Crippen LogP contribution in [0.3, 0.4) is 0 Å². The molecular weight excluding hydrogens is 208 g/mol. The molecule has 2 atom stereocenters. The Bertz CT molecular complexity index is 298. The minimum atomic E-state index is -0.433. The lowest BCUT2D eigenvalue weighted by Crippen LogP contribution is -2.42. The molecule has 0 saturated heterocycles. The summed E-state index contributed by atoms with van der Waals surface area (Å²) >= 11 is 0. The summed E-state index contributed by atoms with van der Waals surface area (Å²) in [5.41, 5.74) is 2.06. The van der Waals surface area contributed by atoms with E-state index in [2.05, 4.69) is 0 Å². The van der Waals surface area contributed by atoms with Crippen molar-refractivity contribution in [2.24, 2.45) is 11.8 Å². The number of carbonyl (C=O) groups is 2. The van der Waals surface area contributed by atoms with Crippen LogP contribution in [-0.4, -0.2) is 26.2 Å². The summed E-state index contributed by atoms with van der Waals surface area (Å²) in [6.45, 7) is 3.96. The Kier molecular flexibility index (Phi) is 4.10. The Morgan fingerprint density at radius 3 is 1.44 bits per heavy atom. The molecular formula is C12H18O4. The van der Waals surface area contributed by atoms with Gasteiger partial charge >= 0.3 is 11.9 Å². The zero-order valence-electron chi connectivity index (χ0n) is 10.2. The first-order valence-electron chi connectivity index (χ1n) is 5.49. The second kappa shape index (κ2) is 5.14. The molecule has 1 rings (SSSR count). The Labute approximate surface area is 95.6 Å². The van der Waals surface area contributed by atoms with Crippen LogP contribution < -0.4 is 0 Å². The molecule has 1 aliphatic carbocycles. The maximum Gasteiger partial charge on any atom is 0.314 e. The Hall–Kier alpha value is -1.32. The predicted molar refractivity (Wildman–Crippen MR) is 58.6 cm³/mol. The number of hydrogen-bond donors (Lipinski definition) is 0. The van der Waals surface area contributed by atoms with Crippen molar-refractivity contribution >= 4 is 11.9 Å². The van der Waals surface area contributed by atoms with Crippen molar-refractivity contribution in [1.82, 2.24) is 0 Å². The fraction of sp³-hybridized carbons (Fsp3) is 0.667. The van der Waals surface area contributed by atoms with Crippen LogP contribution in [0.1, 0.15) is 26.7 Å². The van der Waals surface area contributed by atoms with Crippen LogP contribution in [0.4, 0.5) is 0 Å². The second-order valence-electron chi connectivity index (χ2n) is 3.76. The number of ether oxygens (including phenoxy) is 2. The van der Waals surface area contributed by atoms with Gasteiger partial charge in [0.05, 0.1) is 26.1 Å². The zero-order valence-corrected chi connectivity index (χ0v) is 10.2. The van der Waals surface area contributed by atoms with E-state index in [0.717, 1.165) is 24.0 Å². The van der Waals surface area contributed by atoms with Gasteiger partial charge in [-0.3, -0.25) is 9.59 Å². The second-order valence-corrected chi connectivity index (χ2v) is 3.76. The zero-order chi connectivity index (χ0) is 12.3. The van der Waals surface area contributed by atoms with Gasteiger partial charge in [0.2, 0.25) is 0 Å². The van der Waals surface area contributed by atoms with Crippen LogP contribution in [0, 0.1) is 11.8 Å². The summed E-state index contributed by atoms with van der Waals surface area (Å²) in [6.07, 6.45) is 1.55. The van der Waals surface area contributed by atoms with Crippen LogP contribution >= 0.6 is 0 Å². The molecule has 0 heterocycles. The molecule has 0 N–H and O–H groups in total. The predicted octanol–water partition coefficient (Wildman–Crippen LogP) is 1.70. The Balaban J connectivity index is 3.02. The van der Waals surface area contributed by atoms with Crippen LogP contribution in [0.15, 0.2) is 11.1 Å². The maximum atomic E-state index is 11.6. The topological polar surface area (TPSA) is 52.6 Å². The van der Waals surface area contributed by atoms with E-state index in [1.165, 1.54) is 14.2 Å². The van der Waals surface area contributed by atoms with Gasteiger partial charge in [0.25, 0.3) is 0 Å². The number of rotatable bonds is 4. The summed E-state index contributed by atoms with van der Waals surface area (Å²) < 4.78 is 9.45. The van der Waals surface area contributed by atoms with Crippen molar-refractivity contribution in [3.63, 3.8) is 0 Å². The van der Waals surface area contributed by atoms with Crippen molar-refractivity contribution in [1.29, 1.82) is 0 Å². The van der Waals surface area contributed by atoms with Gasteiger partial charge in [0.1, 0.15) is 0 Å². The van der Waals surface area contributed by atoms with Gasteiger partial charge in [-0.15, -0.1) is 0 Å². The monoisotopic (exact) mass is 226 g/mol. The van der Waals surface area contributed by atoms with Crippen LogP contribution in [-0.2, 0) is 19.1 Å². The molecule has 0 amide bonds. The van der Waals surface area contributed by atoms with Crippen LogP contribution in [0.5, 0.6) is 0 Å². The normalized spacial score (nSPS) is 23.8. The molecule has 16 heavy (non-hydrogen) atoms. The minimum absolute atomic E-state index is 0.343. The smallest absolute Gasteiger partial charge is 0.314 e. The largest absolute Gasteiger partial charge is 0.469 e. The molecule has 0 aromatic carbocycles. The minimum Gasteiger partial charge on any atom is -0.469 e. The fourth-order valence-corrected chi connectivity index (χ4v) is 2.41. The summed E-state index contributed by atoms with van der Waals surface area (Å²) in [5.74, 6) is -1.55. The van der Waals surface area contributed by atoms with Gasteiger partial charge < -0.3 is 9.47 Å². The van der Waals surface area contributed by atoms with Crippen molar-refractivity contribution in [2.75, 3.05) is 14.2 Å². The highest BCUT2D eigenvalue weighted by Crippen LogP contribution is 2.45. The van der Waals surface area contributed by atoms with Gasteiger partial charge in [-0.05, 0) is 12.8 Å². The SMILES string of the molecule is CCC1=C(CC)[C@H](C(=O)OC)[C@H]1C(=O)OC. The lowest BCUT2D eigenvalue weighted by molar-refractivity contribution is -0.156. The Morgan fingerprint density at radius 2 is 1.25 bits per heavy atom. The van der Waals surface area contributed by atoms with E-state index >= 15 is 0 Å². The number of methoxy groups -OCH3 is 2. The molecule has 0 unspecified atom stereocenters. The first kappa shape index (κ1) is 12.7. The van der Waals surface area contributed by atoms with E-state index in [0.29, 0.717) is 0 Å². The average molecular weight is 226 g/mol. The van der Waals surface area contributed by atoms with E-state index in [1.54, 1.807) is 0 Å². The lowest BCUT2D eigenvalue weighted by Gasteiger charge is -2.38. The summed E-state index contributed by atoms with van der Waals surface area (Å²) in [6, 6.07) is 0. The molecule has 0 spiro atoms. The highest BCUT2D eigenvalue weighted by Gasteiger charge is 2.48. The van der Waals surface area contributed by atoms with E-state index in [9.17, 15) is 9.59 Å². The summed E-state index contributed by atoms with van der Waals surface area (Å²) in [4.78, 5) is 23.2. The highest BCUT2D eigenvalue weighted by molar-refractivity contribution is 5.90. The summed E-state index contributed by atoms with van der Waals surface area (Å²) in [7, 11) is 2.68. The third-order valence-corrected chi connectivity index (χ3v) is 3.17. The van der Waals surface area contributed by atoms with Crippen LogP contribution in [0.25, 0.3) is 0 Å². The quantitative estimate of drug-likeness (QED) is 0.540. The number of esters is 2. The third kappa shape index (κ3) is 1.84. The molecule has 0 aromatic heterocycles. The van der Waals surface area contributed by atoms with E-state index < -0.39 is 11.8 Å². The highest BCUT2D eigenvalue weighted by atomic mass is 16.5. The standard InChI is InChI=1S/C12H18O4/c1-5-7-8(6-2)10(12(14)16-4)9(7)11(13)15-3/h9-10H,5-6H2,1-4H3/t9-,10-/m0/s1. The van der Waals surface area contributed by atoms with E-state index in [1.807, 2.05) is 13.8 Å². The molecule has 0 radical (unpaired) electrons. The lowest BCUT2D eigenvalue weighted by atomic mass is 9.66. The molecule has 4 nitrogen and oxygen atoms in total. The van der Waals surface area contributed by atoms with Crippen molar-refractivity contribution in [3.05, 3.63) is 11.1 Å². The molecule has 0 aliphatic heterocycles. The van der Waals surface area contributed by atoms with Gasteiger partial charge in [0.15, 0.2) is 0 Å². The first-order valence-corrected chi connectivity index (χ1v) is 5.49. The fourth-order valence-electron chi connectivity index (χ4n) is 2.41. The molecule has 1 aliphatic rings. The molecule has 90 valence electrons. The number of carbonyl (C=O) groups excluding carboxylic acids is 2. The molecule has 0 aromatic rings. The third-order valence-electron chi connectivity index (χ3n) is 3.17. The van der Waals surface area contributed by atoms with E-state index in [4.69, 9.17) is 9.47 Å². The summed E-state index contributed by atoms with van der Waals surface area (Å²) in [5, 5.41) is 0. The van der Waals surface area contributed by atoms with Crippen LogP contribution in [0.2, 0.25) is 0 Å². The first-order chi connectivity index (χ1) is 7.62. The van der Waals surface area contributed by atoms with Gasteiger partial charge in [-0.2, -0.15) is 0 Å². The van der Waals surface area contributed by atoms with E-state index in [-0.39, 0.29) is 11.9 Å². The number of hydrogen-bond acceptors (Lipinski definition) is 4. The van der Waals surface area contributed by atoms with Gasteiger partial charge in [-0.25, -0.2) is 0 Å². The molecule has 0 saturated carbocycles. The molecule has 0 fully saturated rings. The van der Waals surface area contributed by atoms with Crippen molar-refractivity contribution < 1.29 is 19.1 Å². The van der Waals surface area contributed by atoms with Crippen molar-refractivity contribution in [3.8, 4) is 0 Å². The molecule has 0 bridgehead atoms. The van der Waals surface area contributed by atoms with Gasteiger partial charge in [0, 0.05) is 0 Å². The molecule has 4 heteroatoms. The Morgan fingerprint density at radius 1 is 0.938 bits per heavy atom.